The number of rotatable bonds is 0. The van der Waals surface area contributed by atoms with Crippen molar-refractivity contribution in [3.8, 4) is 0 Å². The van der Waals surface area contributed by atoms with Crippen LogP contribution in [0.25, 0.3) is 0 Å². The molecule has 1 spiro atoms. The monoisotopic (exact) mass is 228 g/mol. The van der Waals surface area contributed by atoms with E-state index in [-0.39, 0.29) is 5.79 Å². The van der Waals surface area contributed by atoms with Gasteiger partial charge in [0.05, 0.1) is 13.2 Å². The van der Waals surface area contributed by atoms with Gasteiger partial charge in [-0.05, 0) is 35.3 Å². The molecule has 1 saturated heterocycles. The lowest BCUT2D eigenvalue weighted by molar-refractivity contribution is -0.202. The normalized spacial score (nSPS) is 43.5. The summed E-state index contributed by atoms with van der Waals surface area (Å²) in [4.78, 5) is 0. The highest BCUT2D eigenvalue weighted by atomic mass is 16.7. The number of ether oxygens (including phenoxy) is 2. The predicted octanol–water partition coefficient (Wildman–Crippen LogP) is 2.65. The summed E-state index contributed by atoms with van der Waals surface area (Å²) < 4.78 is 12.1. The molecule has 1 aromatic carbocycles. The Morgan fingerprint density at radius 3 is 2.59 bits per heavy atom. The molecule has 1 heterocycles. The first-order valence-electron chi connectivity index (χ1n) is 6.76. The molecule has 4 atom stereocenters. The molecule has 4 aliphatic carbocycles. The van der Waals surface area contributed by atoms with Crippen LogP contribution in [0, 0.1) is 11.8 Å². The van der Waals surface area contributed by atoms with Crippen LogP contribution in [-0.4, -0.2) is 19.0 Å². The van der Waals surface area contributed by atoms with Gasteiger partial charge in [-0.3, -0.25) is 0 Å². The van der Waals surface area contributed by atoms with Crippen molar-refractivity contribution in [1.82, 2.24) is 0 Å². The Morgan fingerprint density at radius 2 is 1.76 bits per heavy atom. The van der Waals surface area contributed by atoms with E-state index in [1.165, 1.54) is 12.0 Å². The highest BCUT2D eigenvalue weighted by Gasteiger charge is 2.67. The first-order chi connectivity index (χ1) is 8.39. The summed E-state index contributed by atoms with van der Waals surface area (Å²) in [5.41, 5.74) is 3.10. The molecule has 0 radical (unpaired) electrons. The Kier molecular flexibility index (Phi) is 1.48. The van der Waals surface area contributed by atoms with Gasteiger partial charge in [0.25, 0.3) is 0 Å². The van der Waals surface area contributed by atoms with E-state index in [1.54, 1.807) is 5.56 Å². The van der Waals surface area contributed by atoms with Gasteiger partial charge in [0.1, 0.15) is 0 Å². The van der Waals surface area contributed by atoms with Crippen molar-refractivity contribution in [3.63, 3.8) is 0 Å². The summed E-state index contributed by atoms with van der Waals surface area (Å²) in [7, 11) is 0. The van der Waals surface area contributed by atoms with Crippen LogP contribution >= 0.6 is 0 Å². The first-order valence-corrected chi connectivity index (χ1v) is 6.76. The molecule has 5 aliphatic rings. The summed E-state index contributed by atoms with van der Waals surface area (Å²) in [6.45, 7) is 1.56. The molecule has 88 valence electrons. The van der Waals surface area contributed by atoms with E-state index in [1.807, 2.05) is 0 Å². The highest BCUT2D eigenvalue weighted by molar-refractivity contribution is 5.45. The largest absolute Gasteiger partial charge is 0.347 e. The summed E-state index contributed by atoms with van der Waals surface area (Å²) in [6.07, 6.45) is 2.48. The molecule has 2 nitrogen and oxygen atoms in total. The summed E-state index contributed by atoms with van der Waals surface area (Å²) in [6, 6.07) is 8.97. The van der Waals surface area contributed by atoms with Crippen molar-refractivity contribution in [2.45, 2.75) is 30.5 Å². The van der Waals surface area contributed by atoms with E-state index >= 15 is 0 Å². The highest BCUT2D eigenvalue weighted by Crippen LogP contribution is 2.71. The third kappa shape index (κ3) is 0.962. The SMILES string of the molecule is c1ccc2c(c1)C1CC3(OCCO3)C2C2CC12. The molecule has 6 rings (SSSR count). The van der Waals surface area contributed by atoms with Crippen molar-refractivity contribution in [1.29, 1.82) is 0 Å². The van der Waals surface area contributed by atoms with E-state index in [4.69, 9.17) is 9.47 Å². The zero-order valence-corrected chi connectivity index (χ0v) is 9.76. The number of hydrogen-bond donors (Lipinski definition) is 0. The zero-order chi connectivity index (χ0) is 11.0. The van der Waals surface area contributed by atoms with Crippen molar-refractivity contribution in [2.24, 2.45) is 11.8 Å². The molecule has 1 aromatic rings. The fourth-order valence-electron chi connectivity index (χ4n) is 4.70. The fourth-order valence-corrected chi connectivity index (χ4v) is 4.70. The lowest BCUT2D eigenvalue weighted by atomic mass is 9.63. The van der Waals surface area contributed by atoms with E-state index in [2.05, 4.69) is 24.3 Å². The fraction of sp³-hybridized carbons (Fsp3) is 0.600. The van der Waals surface area contributed by atoms with Gasteiger partial charge >= 0.3 is 0 Å². The van der Waals surface area contributed by atoms with Crippen LogP contribution in [0.15, 0.2) is 24.3 Å². The van der Waals surface area contributed by atoms with Crippen molar-refractivity contribution < 1.29 is 9.47 Å². The van der Waals surface area contributed by atoms with Crippen molar-refractivity contribution in [2.75, 3.05) is 13.2 Å². The standard InChI is InChI=1S/C15H16O2/c1-2-4-10-9(3-1)13-8-15(16-5-6-17-15)14(10)12-7-11(12)13/h1-4,11-14H,5-8H2. The Morgan fingerprint density at radius 1 is 1.00 bits per heavy atom. The van der Waals surface area contributed by atoms with Crippen LogP contribution in [0.3, 0.4) is 0 Å². The Bertz CT molecular complexity index is 489. The Balaban J connectivity index is 1.74. The van der Waals surface area contributed by atoms with E-state index in [0.717, 1.165) is 31.5 Å². The molecule has 0 amide bonds. The number of benzene rings is 1. The predicted molar refractivity (Wildman–Crippen MR) is 62.8 cm³/mol. The lowest BCUT2D eigenvalue weighted by Crippen LogP contribution is -2.48. The van der Waals surface area contributed by atoms with Gasteiger partial charge in [-0.25, -0.2) is 0 Å². The topological polar surface area (TPSA) is 18.5 Å². The summed E-state index contributed by atoms with van der Waals surface area (Å²) >= 11 is 0. The van der Waals surface area contributed by atoms with Crippen LogP contribution in [0.5, 0.6) is 0 Å². The second kappa shape index (κ2) is 2.76. The van der Waals surface area contributed by atoms with E-state index in [0.29, 0.717) is 11.8 Å². The average Bonchev–Trinajstić information content (AvgIpc) is 3.05. The molecular weight excluding hydrogens is 212 g/mol. The second-order valence-corrected chi connectivity index (χ2v) is 5.99. The zero-order valence-electron chi connectivity index (χ0n) is 9.76. The Hall–Kier alpha value is -0.860. The Labute approximate surface area is 101 Å². The van der Waals surface area contributed by atoms with Gasteiger partial charge < -0.3 is 9.47 Å². The molecule has 2 heteroatoms. The van der Waals surface area contributed by atoms with Gasteiger partial charge in [-0.15, -0.1) is 0 Å². The van der Waals surface area contributed by atoms with Gasteiger partial charge in [0, 0.05) is 12.3 Å². The third-order valence-electron chi connectivity index (χ3n) is 5.32. The summed E-state index contributed by atoms with van der Waals surface area (Å²) in [5, 5.41) is 0. The maximum absolute atomic E-state index is 6.05. The van der Waals surface area contributed by atoms with Crippen molar-refractivity contribution >= 4 is 0 Å². The smallest absolute Gasteiger partial charge is 0.176 e. The second-order valence-electron chi connectivity index (χ2n) is 5.99. The molecular formula is C15H16O2. The minimum absolute atomic E-state index is 0.253. The molecule has 1 aliphatic heterocycles. The molecule has 0 N–H and O–H groups in total. The van der Waals surface area contributed by atoms with E-state index in [9.17, 15) is 0 Å². The van der Waals surface area contributed by atoms with Gasteiger partial charge in [-0.1, -0.05) is 24.3 Å². The van der Waals surface area contributed by atoms with Gasteiger partial charge in [0.2, 0.25) is 0 Å². The number of hydrogen-bond acceptors (Lipinski definition) is 2. The molecule has 4 unspecified atom stereocenters. The van der Waals surface area contributed by atoms with Crippen LogP contribution in [0.2, 0.25) is 0 Å². The quantitative estimate of drug-likeness (QED) is 0.679. The van der Waals surface area contributed by atoms with Gasteiger partial charge in [-0.2, -0.15) is 0 Å². The van der Waals surface area contributed by atoms with Crippen LogP contribution < -0.4 is 0 Å². The lowest BCUT2D eigenvalue weighted by Gasteiger charge is -2.48. The van der Waals surface area contributed by atoms with Crippen LogP contribution in [0.1, 0.15) is 35.8 Å². The van der Waals surface area contributed by atoms with Crippen LogP contribution in [0.4, 0.5) is 0 Å². The molecule has 0 aromatic heterocycles. The molecule has 2 saturated carbocycles. The minimum atomic E-state index is -0.253. The summed E-state index contributed by atoms with van der Waals surface area (Å²) in [5.74, 6) is 2.71. The van der Waals surface area contributed by atoms with Crippen molar-refractivity contribution in [3.05, 3.63) is 35.4 Å². The molecule has 2 bridgehead atoms. The third-order valence-corrected chi connectivity index (χ3v) is 5.32. The first kappa shape index (κ1) is 9.12. The molecule has 3 fully saturated rings. The maximum Gasteiger partial charge on any atom is 0.176 e. The molecule has 17 heavy (non-hydrogen) atoms. The van der Waals surface area contributed by atoms with Gasteiger partial charge in [0.15, 0.2) is 5.79 Å². The van der Waals surface area contributed by atoms with Crippen LogP contribution in [-0.2, 0) is 9.47 Å². The minimum Gasteiger partial charge on any atom is -0.347 e. The average molecular weight is 228 g/mol. The van der Waals surface area contributed by atoms with E-state index < -0.39 is 0 Å². The maximum atomic E-state index is 6.05.